The summed E-state index contributed by atoms with van der Waals surface area (Å²) in [5, 5.41) is 8.61. The van der Waals surface area contributed by atoms with Gasteiger partial charge < -0.3 is 10.8 Å². The van der Waals surface area contributed by atoms with Crippen molar-refractivity contribution >= 4 is 0 Å². The van der Waals surface area contributed by atoms with Crippen molar-refractivity contribution in [2.24, 2.45) is 5.73 Å². The lowest BCUT2D eigenvalue weighted by Gasteiger charge is -2.07. The van der Waals surface area contributed by atoms with Crippen LogP contribution in [0.1, 0.15) is 11.6 Å². The number of hydrogen-bond acceptors (Lipinski definition) is 2. The molecule has 12 heavy (non-hydrogen) atoms. The van der Waals surface area contributed by atoms with Crippen LogP contribution in [0.15, 0.2) is 18.2 Å². The van der Waals surface area contributed by atoms with Crippen LogP contribution in [0.3, 0.4) is 0 Å². The standard InChI is InChI=1S/C8H9F2NO/c9-6-2-1-5(3-7(6)10)8(11)4-12/h1-3,8,12H,4,11H2/t8-/m1/s1. The van der Waals surface area contributed by atoms with E-state index in [1.165, 1.54) is 6.07 Å². The number of benzene rings is 1. The summed E-state index contributed by atoms with van der Waals surface area (Å²) < 4.78 is 25.0. The van der Waals surface area contributed by atoms with Gasteiger partial charge in [0.2, 0.25) is 0 Å². The van der Waals surface area contributed by atoms with Crippen LogP contribution in [0.2, 0.25) is 0 Å². The molecule has 0 aliphatic rings. The molecule has 0 saturated carbocycles. The van der Waals surface area contributed by atoms with Crippen molar-refractivity contribution < 1.29 is 13.9 Å². The van der Waals surface area contributed by atoms with E-state index in [-0.39, 0.29) is 6.61 Å². The van der Waals surface area contributed by atoms with Crippen LogP contribution in [-0.2, 0) is 0 Å². The van der Waals surface area contributed by atoms with Crippen LogP contribution in [0, 0.1) is 11.6 Å². The lowest BCUT2D eigenvalue weighted by molar-refractivity contribution is 0.267. The van der Waals surface area contributed by atoms with Gasteiger partial charge in [-0.3, -0.25) is 0 Å². The van der Waals surface area contributed by atoms with Gasteiger partial charge >= 0.3 is 0 Å². The Morgan fingerprint density at radius 2 is 2.00 bits per heavy atom. The van der Waals surface area contributed by atoms with Gasteiger partial charge in [-0.05, 0) is 17.7 Å². The Kier molecular flexibility index (Phi) is 2.73. The molecule has 0 fully saturated rings. The van der Waals surface area contributed by atoms with Crippen molar-refractivity contribution in [2.75, 3.05) is 6.61 Å². The van der Waals surface area contributed by atoms with Gasteiger partial charge in [0.1, 0.15) is 0 Å². The van der Waals surface area contributed by atoms with Gasteiger partial charge in [0.15, 0.2) is 11.6 Å². The Morgan fingerprint density at radius 3 is 2.50 bits per heavy atom. The van der Waals surface area contributed by atoms with E-state index in [0.717, 1.165) is 12.1 Å². The van der Waals surface area contributed by atoms with E-state index in [1.807, 2.05) is 0 Å². The van der Waals surface area contributed by atoms with Crippen LogP contribution >= 0.6 is 0 Å². The number of aliphatic hydroxyl groups is 1. The van der Waals surface area contributed by atoms with Crippen LogP contribution in [0.4, 0.5) is 8.78 Å². The zero-order valence-electron chi connectivity index (χ0n) is 6.30. The number of halogens is 2. The summed E-state index contributed by atoms with van der Waals surface area (Å²) in [5.41, 5.74) is 5.76. The second-order valence-corrected chi connectivity index (χ2v) is 2.46. The Bertz CT molecular complexity index is 278. The summed E-state index contributed by atoms with van der Waals surface area (Å²) in [4.78, 5) is 0. The molecule has 1 aromatic carbocycles. The fourth-order valence-corrected chi connectivity index (χ4v) is 0.848. The van der Waals surface area contributed by atoms with Gasteiger partial charge in [0, 0.05) is 0 Å². The zero-order valence-corrected chi connectivity index (χ0v) is 6.30. The number of nitrogens with two attached hydrogens (primary N) is 1. The van der Waals surface area contributed by atoms with Crippen molar-refractivity contribution in [1.29, 1.82) is 0 Å². The van der Waals surface area contributed by atoms with Crippen molar-refractivity contribution in [3.05, 3.63) is 35.4 Å². The molecule has 0 heterocycles. The molecule has 2 nitrogen and oxygen atoms in total. The van der Waals surface area contributed by atoms with Crippen LogP contribution < -0.4 is 5.73 Å². The quantitative estimate of drug-likeness (QED) is 0.699. The third kappa shape index (κ3) is 1.78. The Hall–Kier alpha value is -1.00. The fourth-order valence-electron chi connectivity index (χ4n) is 0.848. The summed E-state index contributed by atoms with van der Waals surface area (Å²) >= 11 is 0. The molecular formula is C8H9F2NO. The number of aliphatic hydroxyl groups excluding tert-OH is 1. The second kappa shape index (κ2) is 3.60. The Morgan fingerprint density at radius 1 is 1.33 bits per heavy atom. The molecule has 0 radical (unpaired) electrons. The summed E-state index contributed by atoms with van der Waals surface area (Å²) in [5.74, 6) is -1.86. The fraction of sp³-hybridized carbons (Fsp3) is 0.250. The van der Waals surface area contributed by atoms with E-state index in [4.69, 9.17) is 10.8 Å². The molecule has 3 N–H and O–H groups in total. The maximum Gasteiger partial charge on any atom is 0.159 e. The van der Waals surface area contributed by atoms with Crippen LogP contribution in [0.25, 0.3) is 0 Å². The molecule has 1 atom stereocenters. The Balaban J connectivity index is 2.96. The minimum absolute atomic E-state index is 0.287. The first-order valence-electron chi connectivity index (χ1n) is 3.46. The molecule has 0 aliphatic heterocycles. The minimum atomic E-state index is -0.948. The number of rotatable bonds is 2. The van der Waals surface area contributed by atoms with Gasteiger partial charge in [0.05, 0.1) is 12.6 Å². The van der Waals surface area contributed by atoms with Crippen molar-refractivity contribution in [3.8, 4) is 0 Å². The smallest absolute Gasteiger partial charge is 0.159 e. The van der Waals surface area contributed by atoms with E-state index < -0.39 is 17.7 Å². The second-order valence-electron chi connectivity index (χ2n) is 2.46. The van der Waals surface area contributed by atoms with Crippen molar-refractivity contribution in [3.63, 3.8) is 0 Å². The maximum absolute atomic E-state index is 12.6. The van der Waals surface area contributed by atoms with Gasteiger partial charge in [-0.2, -0.15) is 0 Å². The van der Waals surface area contributed by atoms with Gasteiger partial charge in [-0.15, -0.1) is 0 Å². The van der Waals surface area contributed by atoms with E-state index in [0.29, 0.717) is 5.56 Å². The highest BCUT2D eigenvalue weighted by atomic mass is 19.2. The first-order chi connectivity index (χ1) is 5.65. The van der Waals surface area contributed by atoms with E-state index in [2.05, 4.69) is 0 Å². The molecule has 0 bridgehead atoms. The lowest BCUT2D eigenvalue weighted by atomic mass is 10.1. The topological polar surface area (TPSA) is 46.2 Å². The van der Waals surface area contributed by atoms with Crippen LogP contribution in [-0.4, -0.2) is 11.7 Å². The monoisotopic (exact) mass is 173 g/mol. The molecule has 66 valence electrons. The molecule has 0 aromatic heterocycles. The lowest BCUT2D eigenvalue weighted by Crippen LogP contribution is -2.14. The molecule has 4 heteroatoms. The average molecular weight is 173 g/mol. The maximum atomic E-state index is 12.6. The molecule has 0 amide bonds. The first-order valence-corrected chi connectivity index (χ1v) is 3.46. The molecular weight excluding hydrogens is 164 g/mol. The van der Waals surface area contributed by atoms with Gasteiger partial charge in [0.25, 0.3) is 0 Å². The highest BCUT2D eigenvalue weighted by molar-refractivity contribution is 5.20. The van der Waals surface area contributed by atoms with Crippen molar-refractivity contribution in [1.82, 2.24) is 0 Å². The third-order valence-corrected chi connectivity index (χ3v) is 1.57. The molecule has 0 saturated heterocycles. The largest absolute Gasteiger partial charge is 0.394 e. The summed E-state index contributed by atoms with van der Waals surface area (Å²) in [6.45, 7) is -0.287. The van der Waals surface area contributed by atoms with Crippen LogP contribution in [0.5, 0.6) is 0 Å². The van der Waals surface area contributed by atoms with E-state index in [1.54, 1.807) is 0 Å². The predicted molar refractivity (Wildman–Crippen MR) is 40.4 cm³/mol. The Labute approximate surface area is 68.6 Å². The average Bonchev–Trinajstić information content (AvgIpc) is 2.08. The van der Waals surface area contributed by atoms with Gasteiger partial charge in [-0.1, -0.05) is 6.07 Å². The first kappa shape index (κ1) is 9.09. The van der Waals surface area contributed by atoms with E-state index in [9.17, 15) is 8.78 Å². The summed E-state index contributed by atoms with van der Waals surface area (Å²) in [6.07, 6.45) is 0. The molecule has 0 aliphatic carbocycles. The SMILES string of the molecule is N[C@H](CO)c1ccc(F)c(F)c1. The minimum Gasteiger partial charge on any atom is -0.394 e. The summed E-state index contributed by atoms with van der Waals surface area (Å²) in [6, 6.07) is 2.66. The molecule has 0 unspecified atom stereocenters. The third-order valence-electron chi connectivity index (χ3n) is 1.57. The molecule has 0 spiro atoms. The zero-order chi connectivity index (χ0) is 9.14. The number of hydrogen-bond donors (Lipinski definition) is 2. The molecule has 1 aromatic rings. The normalized spacial score (nSPS) is 13.0. The highest BCUT2D eigenvalue weighted by Crippen LogP contribution is 2.13. The predicted octanol–water partition coefficient (Wildman–Crippen LogP) is 0.957. The highest BCUT2D eigenvalue weighted by Gasteiger charge is 2.07. The molecule has 1 rings (SSSR count). The van der Waals surface area contributed by atoms with Gasteiger partial charge in [-0.25, -0.2) is 8.78 Å². The van der Waals surface area contributed by atoms with Crippen molar-refractivity contribution in [2.45, 2.75) is 6.04 Å². The van der Waals surface area contributed by atoms with E-state index >= 15 is 0 Å². The summed E-state index contributed by atoms with van der Waals surface area (Å²) in [7, 11) is 0.